The molecular formula is C17H23FN2O. The summed E-state index contributed by atoms with van der Waals surface area (Å²) in [5.41, 5.74) is 0.968. The number of carbonyl (C=O) groups excluding carboxylic acids is 1. The normalized spacial score (nSPS) is 32.0. The number of benzene rings is 1. The van der Waals surface area contributed by atoms with Gasteiger partial charge in [-0.1, -0.05) is 32.9 Å². The molecule has 21 heavy (non-hydrogen) atoms. The Labute approximate surface area is 125 Å². The minimum atomic E-state index is -0.242. The fourth-order valence-electron chi connectivity index (χ4n) is 3.24. The van der Waals surface area contributed by atoms with E-state index in [1.165, 1.54) is 12.1 Å². The first-order chi connectivity index (χ1) is 9.97. The van der Waals surface area contributed by atoms with Crippen LogP contribution in [0.5, 0.6) is 0 Å². The molecule has 1 N–H and O–H groups in total. The second-order valence-corrected chi connectivity index (χ2v) is 6.83. The van der Waals surface area contributed by atoms with Crippen LogP contribution in [-0.2, 0) is 4.79 Å². The van der Waals surface area contributed by atoms with Crippen LogP contribution in [0.3, 0.4) is 0 Å². The third-order valence-electron chi connectivity index (χ3n) is 4.51. The van der Waals surface area contributed by atoms with Crippen molar-refractivity contribution >= 4 is 5.91 Å². The lowest BCUT2D eigenvalue weighted by Gasteiger charge is -2.24. The predicted octanol–water partition coefficient (Wildman–Crippen LogP) is 3.08. The van der Waals surface area contributed by atoms with Crippen molar-refractivity contribution in [3.8, 4) is 0 Å². The molecule has 1 aliphatic carbocycles. The van der Waals surface area contributed by atoms with E-state index in [9.17, 15) is 9.18 Å². The van der Waals surface area contributed by atoms with Gasteiger partial charge in [0, 0.05) is 6.04 Å². The molecule has 1 aliphatic heterocycles. The maximum Gasteiger partial charge on any atom is 0.241 e. The zero-order chi connectivity index (χ0) is 15.1. The average molecular weight is 290 g/mol. The van der Waals surface area contributed by atoms with Gasteiger partial charge in [-0.25, -0.2) is 4.39 Å². The summed E-state index contributed by atoms with van der Waals surface area (Å²) in [5.74, 6) is 0.994. The van der Waals surface area contributed by atoms with Gasteiger partial charge in [-0.2, -0.15) is 0 Å². The highest BCUT2D eigenvalue weighted by Gasteiger charge is 2.50. The summed E-state index contributed by atoms with van der Waals surface area (Å²) >= 11 is 0. The third-order valence-corrected chi connectivity index (χ3v) is 4.51. The molecule has 114 valence electrons. The van der Waals surface area contributed by atoms with Gasteiger partial charge in [0.1, 0.15) is 12.0 Å². The Balaban J connectivity index is 1.86. The van der Waals surface area contributed by atoms with E-state index in [0.717, 1.165) is 18.4 Å². The Hall–Kier alpha value is -1.42. The largest absolute Gasteiger partial charge is 0.318 e. The number of nitrogens with one attached hydrogen (secondary N) is 1. The van der Waals surface area contributed by atoms with Crippen LogP contribution in [-0.4, -0.2) is 22.9 Å². The van der Waals surface area contributed by atoms with Crippen molar-refractivity contribution in [3.05, 3.63) is 35.6 Å². The molecule has 0 radical (unpaired) electrons. The molecule has 3 nitrogen and oxygen atoms in total. The molecule has 0 spiro atoms. The SMILES string of the molecule is CC(C)CC1NC(c2ccc(F)cc2)N(C2CC2C)C1=O. The zero-order valence-electron chi connectivity index (χ0n) is 12.8. The van der Waals surface area contributed by atoms with Crippen LogP contribution in [0.2, 0.25) is 0 Å². The fourth-order valence-corrected chi connectivity index (χ4v) is 3.24. The molecule has 4 atom stereocenters. The summed E-state index contributed by atoms with van der Waals surface area (Å²) in [6, 6.07) is 6.69. The lowest BCUT2D eigenvalue weighted by molar-refractivity contribution is -0.131. The maximum atomic E-state index is 13.1. The molecule has 2 aliphatic rings. The minimum Gasteiger partial charge on any atom is -0.318 e. The van der Waals surface area contributed by atoms with Gasteiger partial charge in [-0.3, -0.25) is 10.1 Å². The Bertz CT molecular complexity index is 528. The first-order valence-corrected chi connectivity index (χ1v) is 7.81. The smallest absolute Gasteiger partial charge is 0.241 e. The van der Waals surface area contributed by atoms with E-state index in [1.54, 1.807) is 12.1 Å². The number of carbonyl (C=O) groups is 1. The highest BCUT2D eigenvalue weighted by atomic mass is 19.1. The van der Waals surface area contributed by atoms with E-state index in [4.69, 9.17) is 0 Å². The topological polar surface area (TPSA) is 32.3 Å². The molecule has 4 heteroatoms. The number of hydrogen-bond acceptors (Lipinski definition) is 2. The number of rotatable bonds is 4. The second-order valence-electron chi connectivity index (χ2n) is 6.83. The molecule has 1 saturated heterocycles. The van der Waals surface area contributed by atoms with Crippen molar-refractivity contribution in [2.75, 3.05) is 0 Å². The maximum absolute atomic E-state index is 13.1. The van der Waals surface area contributed by atoms with Gasteiger partial charge in [0.25, 0.3) is 0 Å². The van der Waals surface area contributed by atoms with Crippen molar-refractivity contribution in [3.63, 3.8) is 0 Å². The minimum absolute atomic E-state index is 0.114. The van der Waals surface area contributed by atoms with E-state index in [0.29, 0.717) is 17.9 Å². The zero-order valence-corrected chi connectivity index (χ0v) is 12.8. The molecule has 1 heterocycles. The van der Waals surface area contributed by atoms with Crippen LogP contribution >= 0.6 is 0 Å². The Morgan fingerprint density at radius 1 is 1.33 bits per heavy atom. The van der Waals surface area contributed by atoms with Gasteiger partial charge in [-0.15, -0.1) is 0 Å². The molecule has 4 unspecified atom stereocenters. The fraction of sp³-hybridized carbons (Fsp3) is 0.588. The summed E-state index contributed by atoms with van der Waals surface area (Å²) in [7, 11) is 0. The van der Waals surface area contributed by atoms with Gasteiger partial charge >= 0.3 is 0 Å². The van der Waals surface area contributed by atoms with Crippen LogP contribution < -0.4 is 5.32 Å². The van der Waals surface area contributed by atoms with Crippen LogP contribution in [0, 0.1) is 17.7 Å². The van der Waals surface area contributed by atoms with Crippen molar-refractivity contribution in [1.29, 1.82) is 0 Å². The molecule has 1 aromatic rings. The van der Waals surface area contributed by atoms with Crippen LogP contribution in [0.1, 0.15) is 45.3 Å². The van der Waals surface area contributed by atoms with Gasteiger partial charge in [-0.05, 0) is 42.4 Å². The Morgan fingerprint density at radius 3 is 2.48 bits per heavy atom. The highest BCUT2D eigenvalue weighted by molar-refractivity contribution is 5.85. The van der Waals surface area contributed by atoms with Gasteiger partial charge in [0.15, 0.2) is 0 Å². The van der Waals surface area contributed by atoms with Gasteiger partial charge in [0.2, 0.25) is 5.91 Å². The molecule has 0 bridgehead atoms. The summed E-state index contributed by atoms with van der Waals surface area (Å²) in [6.07, 6.45) is 1.80. The monoisotopic (exact) mass is 290 g/mol. The number of amides is 1. The Morgan fingerprint density at radius 2 is 1.95 bits per heavy atom. The lowest BCUT2D eigenvalue weighted by atomic mass is 10.0. The molecule has 1 aromatic carbocycles. The van der Waals surface area contributed by atoms with Crippen molar-refractivity contribution in [1.82, 2.24) is 10.2 Å². The van der Waals surface area contributed by atoms with Crippen LogP contribution in [0.25, 0.3) is 0 Å². The van der Waals surface area contributed by atoms with Gasteiger partial charge < -0.3 is 4.90 Å². The average Bonchev–Trinajstić information content (AvgIpc) is 3.05. The van der Waals surface area contributed by atoms with E-state index in [1.807, 2.05) is 4.90 Å². The summed E-state index contributed by atoms with van der Waals surface area (Å²) in [5, 5.41) is 3.45. The molecule has 1 amide bonds. The second kappa shape index (κ2) is 5.41. The number of hydrogen-bond donors (Lipinski definition) is 1. The first-order valence-electron chi connectivity index (χ1n) is 7.81. The third kappa shape index (κ3) is 2.82. The summed E-state index contributed by atoms with van der Waals surface area (Å²) < 4.78 is 13.1. The lowest BCUT2D eigenvalue weighted by Crippen LogP contribution is -2.34. The Kier molecular flexibility index (Phi) is 3.74. The van der Waals surface area contributed by atoms with Crippen molar-refractivity contribution in [2.45, 2.75) is 51.9 Å². The predicted molar refractivity (Wildman–Crippen MR) is 79.9 cm³/mol. The van der Waals surface area contributed by atoms with E-state index in [-0.39, 0.29) is 23.9 Å². The van der Waals surface area contributed by atoms with E-state index in [2.05, 4.69) is 26.1 Å². The summed E-state index contributed by atoms with van der Waals surface area (Å²) in [4.78, 5) is 14.7. The van der Waals surface area contributed by atoms with Gasteiger partial charge in [0.05, 0.1) is 6.04 Å². The van der Waals surface area contributed by atoms with Crippen molar-refractivity contribution < 1.29 is 9.18 Å². The van der Waals surface area contributed by atoms with E-state index < -0.39 is 0 Å². The van der Waals surface area contributed by atoms with E-state index >= 15 is 0 Å². The first kappa shape index (κ1) is 14.5. The van der Waals surface area contributed by atoms with Crippen LogP contribution in [0.15, 0.2) is 24.3 Å². The molecule has 2 fully saturated rings. The quantitative estimate of drug-likeness (QED) is 0.924. The number of nitrogens with zero attached hydrogens (tertiary/aromatic N) is 1. The molecule has 1 saturated carbocycles. The van der Waals surface area contributed by atoms with Crippen molar-refractivity contribution in [2.24, 2.45) is 11.8 Å². The number of halogens is 1. The highest BCUT2D eigenvalue weighted by Crippen LogP contribution is 2.42. The standard InChI is InChI=1S/C17H23FN2O/c1-10(2)8-14-17(21)20(15-9-11(15)3)16(19-14)12-4-6-13(18)7-5-12/h4-7,10-11,14-16,19H,8-9H2,1-3H3. The molecular weight excluding hydrogens is 267 g/mol. The molecule has 3 rings (SSSR count). The van der Waals surface area contributed by atoms with Crippen LogP contribution in [0.4, 0.5) is 4.39 Å². The molecule has 0 aromatic heterocycles. The summed E-state index contributed by atoms with van der Waals surface area (Å²) in [6.45, 7) is 6.43.